The summed E-state index contributed by atoms with van der Waals surface area (Å²) >= 11 is 0. The van der Waals surface area contributed by atoms with Gasteiger partial charge in [0.25, 0.3) is 0 Å². The minimum atomic E-state index is -0.129. The summed E-state index contributed by atoms with van der Waals surface area (Å²) in [5, 5.41) is 0. The molecule has 1 spiro atoms. The molecule has 0 N–H and O–H groups in total. The molecule has 1 amide bonds. The number of carbonyl (C=O) groups excluding carboxylic acids is 1. The van der Waals surface area contributed by atoms with Gasteiger partial charge in [-0.05, 0) is 37.3 Å². The SMILES string of the molecule is O=C([C@H]1CCC[C@]12CCN(Cc1ccccc1F)C2)N1CCOCC1. The second-order valence-corrected chi connectivity index (χ2v) is 7.80. The highest BCUT2D eigenvalue weighted by Crippen LogP contribution is 2.50. The number of carbonyl (C=O) groups is 1. The van der Waals surface area contributed by atoms with Crippen molar-refractivity contribution < 1.29 is 13.9 Å². The average molecular weight is 346 g/mol. The third-order valence-corrected chi connectivity index (χ3v) is 6.34. The number of halogens is 1. The fourth-order valence-electron chi connectivity index (χ4n) is 5.00. The van der Waals surface area contributed by atoms with Gasteiger partial charge in [0.1, 0.15) is 5.82 Å². The van der Waals surface area contributed by atoms with Crippen LogP contribution in [0.1, 0.15) is 31.2 Å². The highest BCUT2D eigenvalue weighted by atomic mass is 19.1. The Morgan fingerprint density at radius 1 is 1.20 bits per heavy atom. The van der Waals surface area contributed by atoms with E-state index in [1.807, 2.05) is 17.0 Å². The molecule has 25 heavy (non-hydrogen) atoms. The number of likely N-dealkylation sites (tertiary alicyclic amines) is 1. The summed E-state index contributed by atoms with van der Waals surface area (Å²) in [6, 6.07) is 7.02. The summed E-state index contributed by atoms with van der Waals surface area (Å²) in [7, 11) is 0. The van der Waals surface area contributed by atoms with Crippen molar-refractivity contribution in [2.75, 3.05) is 39.4 Å². The lowest BCUT2D eigenvalue weighted by Gasteiger charge is -2.36. The quantitative estimate of drug-likeness (QED) is 0.844. The van der Waals surface area contributed by atoms with E-state index in [1.54, 1.807) is 6.07 Å². The Hall–Kier alpha value is -1.46. The van der Waals surface area contributed by atoms with Gasteiger partial charge in [0.05, 0.1) is 13.2 Å². The Balaban J connectivity index is 1.44. The Morgan fingerprint density at radius 3 is 2.80 bits per heavy atom. The zero-order chi connectivity index (χ0) is 17.3. The monoisotopic (exact) mass is 346 g/mol. The molecule has 0 bridgehead atoms. The van der Waals surface area contributed by atoms with E-state index < -0.39 is 0 Å². The van der Waals surface area contributed by atoms with Crippen LogP contribution >= 0.6 is 0 Å². The van der Waals surface area contributed by atoms with Crippen LogP contribution in [0, 0.1) is 17.2 Å². The standard InChI is InChI=1S/C20H27FN2O2/c21-18-6-2-1-4-16(18)14-22-9-8-20(15-22)7-3-5-17(20)19(24)23-10-12-25-13-11-23/h1-2,4,6,17H,3,5,7-15H2/t17-,20-/m1/s1. The molecule has 4 nitrogen and oxygen atoms in total. The fourth-order valence-corrected chi connectivity index (χ4v) is 5.00. The minimum absolute atomic E-state index is 0.0979. The first kappa shape index (κ1) is 17.0. The molecular weight excluding hydrogens is 319 g/mol. The summed E-state index contributed by atoms with van der Waals surface area (Å²) in [6.07, 6.45) is 4.32. The number of rotatable bonds is 3. The van der Waals surface area contributed by atoms with Crippen LogP contribution in [0.2, 0.25) is 0 Å². The average Bonchev–Trinajstić information content (AvgIpc) is 3.24. The molecular formula is C20H27FN2O2. The Labute approximate surface area is 148 Å². The van der Waals surface area contributed by atoms with E-state index in [1.165, 1.54) is 6.07 Å². The molecule has 3 fully saturated rings. The van der Waals surface area contributed by atoms with Crippen molar-refractivity contribution in [3.63, 3.8) is 0 Å². The summed E-state index contributed by atoms with van der Waals surface area (Å²) in [5.41, 5.74) is 0.856. The molecule has 3 aliphatic rings. The van der Waals surface area contributed by atoms with Gasteiger partial charge in [-0.2, -0.15) is 0 Å². The third-order valence-electron chi connectivity index (χ3n) is 6.34. The number of nitrogens with zero attached hydrogens (tertiary/aromatic N) is 2. The van der Waals surface area contributed by atoms with Gasteiger partial charge in [0, 0.05) is 37.7 Å². The highest BCUT2D eigenvalue weighted by molar-refractivity contribution is 5.80. The van der Waals surface area contributed by atoms with Gasteiger partial charge in [-0.1, -0.05) is 24.6 Å². The van der Waals surface area contributed by atoms with Crippen molar-refractivity contribution in [2.24, 2.45) is 11.3 Å². The Bertz CT molecular complexity index is 632. The third kappa shape index (κ3) is 3.32. The van der Waals surface area contributed by atoms with Crippen LogP contribution in [-0.2, 0) is 16.1 Å². The predicted molar refractivity (Wildman–Crippen MR) is 93.5 cm³/mol. The maximum Gasteiger partial charge on any atom is 0.226 e. The lowest BCUT2D eigenvalue weighted by molar-refractivity contribution is -0.143. The molecule has 136 valence electrons. The number of hydrogen-bond acceptors (Lipinski definition) is 3. The van der Waals surface area contributed by atoms with E-state index >= 15 is 0 Å². The molecule has 2 saturated heterocycles. The second-order valence-electron chi connectivity index (χ2n) is 7.80. The van der Waals surface area contributed by atoms with Gasteiger partial charge in [0.2, 0.25) is 5.91 Å². The molecule has 1 saturated carbocycles. The Morgan fingerprint density at radius 2 is 2.00 bits per heavy atom. The largest absolute Gasteiger partial charge is 0.378 e. The first-order chi connectivity index (χ1) is 12.2. The maximum absolute atomic E-state index is 14.0. The lowest BCUT2D eigenvalue weighted by atomic mass is 9.76. The zero-order valence-corrected chi connectivity index (χ0v) is 14.8. The van der Waals surface area contributed by atoms with Crippen LogP contribution in [0.3, 0.4) is 0 Å². The molecule has 2 atom stereocenters. The van der Waals surface area contributed by atoms with Gasteiger partial charge in [0.15, 0.2) is 0 Å². The molecule has 1 aliphatic carbocycles. The van der Waals surface area contributed by atoms with Gasteiger partial charge in [-0.3, -0.25) is 9.69 Å². The first-order valence-electron chi connectivity index (χ1n) is 9.50. The van der Waals surface area contributed by atoms with Crippen LogP contribution in [0.25, 0.3) is 0 Å². The molecule has 2 heterocycles. The molecule has 1 aromatic rings. The van der Waals surface area contributed by atoms with Crippen molar-refractivity contribution in [1.82, 2.24) is 9.80 Å². The van der Waals surface area contributed by atoms with E-state index in [-0.39, 0.29) is 17.2 Å². The molecule has 5 heteroatoms. The number of hydrogen-bond donors (Lipinski definition) is 0. The fraction of sp³-hybridized carbons (Fsp3) is 0.650. The van der Waals surface area contributed by atoms with Crippen molar-refractivity contribution >= 4 is 5.91 Å². The summed E-state index contributed by atoms with van der Waals surface area (Å²) < 4.78 is 19.3. The zero-order valence-electron chi connectivity index (χ0n) is 14.8. The van der Waals surface area contributed by atoms with Gasteiger partial charge < -0.3 is 9.64 Å². The van der Waals surface area contributed by atoms with Crippen LogP contribution < -0.4 is 0 Å². The summed E-state index contributed by atoms with van der Waals surface area (Å²) in [5.74, 6) is 0.334. The van der Waals surface area contributed by atoms with Gasteiger partial charge in [-0.15, -0.1) is 0 Å². The van der Waals surface area contributed by atoms with Crippen molar-refractivity contribution in [1.29, 1.82) is 0 Å². The predicted octanol–water partition coefficient (Wildman–Crippen LogP) is 2.68. The van der Waals surface area contributed by atoms with Crippen LogP contribution in [0.5, 0.6) is 0 Å². The molecule has 2 aliphatic heterocycles. The van der Waals surface area contributed by atoms with Crippen molar-refractivity contribution in [3.05, 3.63) is 35.6 Å². The number of morpholine rings is 1. The van der Waals surface area contributed by atoms with Gasteiger partial charge >= 0.3 is 0 Å². The minimum Gasteiger partial charge on any atom is -0.378 e. The highest BCUT2D eigenvalue weighted by Gasteiger charge is 2.51. The number of ether oxygens (including phenoxy) is 1. The number of amides is 1. The van der Waals surface area contributed by atoms with E-state index in [2.05, 4.69) is 4.90 Å². The van der Waals surface area contributed by atoms with E-state index in [0.717, 1.165) is 57.4 Å². The molecule has 4 rings (SSSR count). The smallest absolute Gasteiger partial charge is 0.226 e. The summed E-state index contributed by atoms with van der Waals surface area (Å²) in [4.78, 5) is 17.4. The lowest BCUT2D eigenvalue weighted by Crippen LogP contribution is -2.47. The number of benzene rings is 1. The summed E-state index contributed by atoms with van der Waals surface area (Å²) in [6.45, 7) is 5.29. The van der Waals surface area contributed by atoms with E-state index in [9.17, 15) is 9.18 Å². The molecule has 0 aromatic heterocycles. The van der Waals surface area contributed by atoms with Gasteiger partial charge in [-0.25, -0.2) is 4.39 Å². The van der Waals surface area contributed by atoms with E-state index in [0.29, 0.717) is 25.7 Å². The first-order valence-corrected chi connectivity index (χ1v) is 9.50. The van der Waals surface area contributed by atoms with E-state index in [4.69, 9.17) is 4.74 Å². The van der Waals surface area contributed by atoms with Crippen LogP contribution in [0.4, 0.5) is 4.39 Å². The normalized spacial score (nSPS) is 30.3. The topological polar surface area (TPSA) is 32.8 Å². The van der Waals surface area contributed by atoms with Crippen LogP contribution in [0.15, 0.2) is 24.3 Å². The molecule has 0 radical (unpaired) electrons. The van der Waals surface area contributed by atoms with Crippen LogP contribution in [-0.4, -0.2) is 55.1 Å². The van der Waals surface area contributed by atoms with Crippen molar-refractivity contribution in [3.8, 4) is 0 Å². The maximum atomic E-state index is 14.0. The molecule has 0 unspecified atom stereocenters. The van der Waals surface area contributed by atoms with Crippen molar-refractivity contribution in [2.45, 2.75) is 32.2 Å². The molecule has 1 aromatic carbocycles. The second kappa shape index (κ2) is 7.04. The Kier molecular flexibility index (Phi) is 4.78.